The van der Waals surface area contributed by atoms with Crippen LogP contribution in [0.3, 0.4) is 0 Å². The Bertz CT molecular complexity index is 989. The molecule has 2 aromatic heterocycles. The molecular formula is C19H14FN3O. The molecule has 0 aliphatic rings. The minimum atomic E-state index is -0.283. The number of hydrogen-bond acceptors (Lipinski definition) is 3. The molecule has 0 bridgehead atoms. The molecule has 0 saturated carbocycles. The largest absolute Gasteiger partial charge is 0.360 e. The molecule has 4 rings (SSSR count). The van der Waals surface area contributed by atoms with Gasteiger partial charge in [0.05, 0.1) is 17.6 Å². The summed E-state index contributed by atoms with van der Waals surface area (Å²) in [6.45, 7) is 1.86. The molecule has 0 unspecified atom stereocenters. The number of nitrogens with zero attached hydrogens (tertiary/aromatic N) is 3. The quantitative estimate of drug-likeness (QED) is 0.552. The van der Waals surface area contributed by atoms with E-state index in [0.717, 1.165) is 22.5 Å². The van der Waals surface area contributed by atoms with Crippen molar-refractivity contribution in [2.24, 2.45) is 0 Å². The normalized spacial score (nSPS) is 10.9. The lowest BCUT2D eigenvalue weighted by Gasteiger charge is -2.01. The van der Waals surface area contributed by atoms with Crippen molar-refractivity contribution in [3.8, 4) is 28.2 Å². The lowest BCUT2D eigenvalue weighted by atomic mass is 10.0. The van der Waals surface area contributed by atoms with Crippen LogP contribution in [-0.2, 0) is 0 Å². The van der Waals surface area contributed by atoms with E-state index in [9.17, 15) is 4.39 Å². The lowest BCUT2D eigenvalue weighted by Crippen LogP contribution is -1.90. The monoisotopic (exact) mass is 319 g/mol. The summed E-state index contributed by atoms with van der Waals surface area (Å²) in [5, 5.41) is 4.17. The first-order chi connectivity index (χ1) is 11.7. The van der Waals surface area contributed by atoms with Gasteiger partial charge in [0.2, 0.25) is 0 Å². The summed E-state index contributed by atoms with van der Waals surface area (Å²) >= 11 is 0. The first-order valence-electron chi connectivity index (χ1n) is 7.54. The molecule has 4 aromatic rings. The van der Waals surface area contributed by atoms with E-state index in [0.29, 0.717) is 11.4 Å². The lowest BCUT2D eigenvalue weighted by molar-refractivity contribution is 0.400. The summed E-state index contributed by atoms with van der Waals surface area (Å²) in [5.74, 6) is 0.409. The minimum Gasteiger partial charge on any atom is -0.360 e. The second kappa shape index (κ2) is 5.77. The van der Waals surface area contributed by atoms with Gasteiger partial charge in [-0.05, 0) is 25.1 Å². The number of rotatable bonds is 3. The summed E-state index contributed by atoms with van der Waals surface area (Å²) in [7, 11) is 0. The molecule has 2 aromatic carbocycles. The van der Waals surface area contributed by atoms with Crippen LogP contribution in [0.25, 0.3) is 28.2 Å². The number of imidazole rings is 1. The maximum Gasteiger partial charge on any atom is 0.143 e. The molecule has 0 aliphatic carbocycles. The average Bonchev–Trinajstić information content (AvgIpc) is 3.22. The molecule has 0 radical (unpaired) electrons. The Hall–Kier alpha value is -3.21. The first-order valence-corrected chi connectivity index (χ1v) is 7.54. The molecule has 0 amide bonds. The number of aromatic nitrogens is 3. The van der Waals surface area contributed by atoms with Crippen LogP contribution in [0.1, 0.15) is 5.76 Å². The van der Waals surface area contributed by atoms with Gasteiger partial charge in [0, 0.05) is 17.4 Å². The molecule has 0 aliphatic heterocycles. The van der Waals surface area contributed by atoms with Crippen LogP contribution < -0.4 is 0 Å². The van der Waals surface area contributed by atoms with Crippen molar-refractivity contribution in [3.63, 3.8) is 0 Å². The summed E-state index contributed by atoms with van der Waals surface area (Å²) in [5.41, 5.74) is 4.00. The van der Waals surface area contributed by atoms with E-state index >= 15 is 0 Å². The topological polar surface area (TPSA) is 43.9 Å². The van der Waals surface area contributed by atoms with Crippen LogP contribution >= 0.6 is 0 Å². The second-order valence-corrected chi connectivity index (χ2v) is 5.47. The van der Waals surface area contributed by atoms with Crippen molar-refractivity contribution < 1.29 is 8.91 Å². The average molecular weight is 319 g/mol. The van der Waals surface area contributed by atoms with E-state index in [-0.39, 0.29) is 5.82 Å². The zero-order valence-electron chi connectivity index (χ0n) is 13.0. The Morgan fingerprint density at radius 3 is 2.67 bits per heavy atom. The molecule has 24 heavy (non-hydrogen) atoms. The fourth-order valence-electron chi connectivity index (χ4n) is 2.70. The Morgan fingerprint density at radius 2 is 1.88 bits per heavy atom. The van der Waals surface area contributed by atoms with Crippen molar-refractivity contribution in [3.05, 3.63) is 78.7 Å². The highest BCUT2D eigenvalue weighted by atomic mass is 19.1. The molecule has 118 valence electrons. The van der Waals surface area contributed by atoms with Gasteiger partial charge in [-0.15, -0.1) is 0 Å². The highest BCUT2D eigenvalue weighted by molar-refractivity contribution is 5.79. The SMILES string of the molecule is Cc1onc(-c2ccccc2)c1-c1cn(-c2cccc(F)c2)cn1. The molecular weight excluding hydrogens is 305 g/mol. The Morgan fingerprint density at radius 1 is 1.04 bits per heavy atom. The maximum atomic E-state index is 13.4. The van der Waals surface area contributed by atoms with Crippen molar-refractivity contribution in [1.82, 2.24) is 14.7 Å². The number of halogens is 1. The fraction of sp³-hybridized carbons (Fsp3) is 0.0526. The van der Waals surface area contributed by atoms with E-state index in [1.54, 1.807) is 17.0 Å². The van der Waals surface area contributed by atoms with Gasteiger partial charge in [0.1, 0.15) is 17.3 Å². The Balaban J connectivity index is 1.80. The number of hydrogen-bond donors (Lipinski definition) is 0. The van der Waals surface area contributed by atoms with Gasteiger partial charge in [-0.25, -0.2) is 9.37 Å². The van der Waals surface area contributed by atoms with Crippen LogP contribution in [0.5, 0.6) is 0 Å². The molecule has 0 saturated heterocycles. The molecule has 0 spiro atoms. The zero-order chi connectivity index (χ0) is 16.5. The van der Waals surface area contributed by atoms with E-state index in [1.165, 1.54) is 12.1 Å². The molecule has 0 N–H and O–H groups in total. The summed E-state index contributed by atoms with van der Waals surface area (Å²) in [4.78, 5) is 4.45. The van der Waals surface area contributed by atoms with Gasteiger partial charge in [-0.2, -0.15) is 0 Å². The minimum absolute atomic E-state index is 0.283. The van der Waals surface area contributed by atoms with Crippen LogP contribution in [0.4, 0.5) is 4.39 Å². The maximum absolute atomic E-state index is 13.4. The Kier molecular flexibility index (Phi) is 3.46. The smallest absolute Gasteiger partial charge is 0.143 e. The third kappa shape index (κ3) is 2.50. The second-order valence-electron chi connectivity index (χ2n) is 5.47. The summed E-state index contributed by atoms with van der Waals surface area (Å²) in [6.07, 6.45) is 3.51. The standard InChI is InChI=1S/C19H14FN3O/c1-13-18(19(22-24-13)14-6-3-2-4-7-14)17-11-23(12-21-17)16-9-5-8-15(20)10-16/h2-12H,1H3. The van der Waals surface area contributed by atoms with E-state index in [4.69, 9.17) is 4.52 Å². The third-order valence-corrected chi connectivity index (χ3v) is 3.86. The van der Waals surface area contributed by atoms with Crippen molar-refractivity contribution in [1.29, 1.82) is 0 Å². The molecule has 5 heteroatoms. The molecule has 0 fully saturated rings. The van der Waals surface area contributed by atoms with Gasteiger partial charge < -0.3 is 9.09 Å². The number of benzene rings is 2. The van der Waals surface area contributed by atoms with Gasteiger partial charge in [0.15, 0.2) is 0 Å². The Labute approximate surface area is 138 Å². The van der Waals surface area contributed by atoms with Crippen LogP contribution in [0.15, 0.2) is 71.6 Å². The predicted octanol–water partition coefficient (Wildman–Crippen LogP) is 4.64. The van der Waals surface area contributed by atoms with E-state index in [2.05, 4.69) is 10.1 Å². The van der Waals surface area contributed by atoms with Gasteiger partial charge >= 0.3 is 0 Å². The summed E-state index contributed by atoms with van der Waals surface area (Å²) in [6, 6.07) is 16.2. The van der Waals surface area contributed by atoms with E-state index < -0.39 is 0 Å². The van der Waals surface area contributed by atoms with Gasteiger partial charge in [-0.3, -0.25) is 0 Å². The van der Waals surface area contributed by atoms with Crippen molar-refractivity contribution >= 4 is 0 Å². The van der Waals surface area contributed by atoms with Crippen molar-refractivity contribution in [2.75, 3.05) is 0 Å². The highest BCUT2D eigenvalue weighted by Crippen LogP contribution is 2.33. The fourth-order valence-corrected chi connectivity index (χ4v) is 2.70. The van der Waals surface area contributed by atoms with Crippen LogP contribution in [0, 0.1) is 12.7 Å². The summed E-state index contributed by atoms with van der Waals surface area (Å²) < 4.78 is 20.6. The predicted molar refractivity (Wildman–Crippen MR) is 89.2 cm³/mol. The van der Waals surface area contributed by atoms with Crippen molar-refractivity contribution in [2.45, 2.75) is 6.92 Å². The van der Waals surface area contributed by atoms with Gasteiger partial charge in [-0.1, -0.05) is 41.6 Å². The highest BCUT2D eigenvalue weighted by Gasteiger charge is 2.18. The number of aryl methyl sites for hydroxylation is 1. The molecule has 2 heterocycles. The van der Waals surface area contributed by atoms with Gasteiger partial charge in [0.25, 0.3) is 0 Å². The van der Waals surface area contributed by atoms with Crippen LogP contribution in [-0.4, -0.2) is 14.7 Å². The van der Waals surface area contributed by atoms with E-state index in [1.807, 2.05) is 49.5 Å². The first kappa shape index (κ1) is 14.4. The third-order valence-electron chi connectivity index (χ3n) is 3.86. The molecule has 0 atom stereocenters. The zero-order valence-corrected chi connectivity index (χ0v) is 13.0. The van der Waals surface area contributed by atoms with Crippen LogP contribution in [0.2, 0.25) is 0 Å². The molecule has 4 nitrogen and oxygen atoms in total.